The molecule has 0 spiro atoms. The highest BCUT2D eigenvalue weighted by atomic mass is 16.5. The average Bonchev–Trinajstić information content (AvgIpc) is 3.06. The first-order valence-corrected chi connectivity index (χ1v) is 8.12. The molecule has 0 aliphatic carbocycles. The van der Waals surface area contributed by atoms with Crippen molar-refractivity contribution in [1.82, 2.24) is 15.1 Å². The predicted octanol–water partition coefficient (Wildman–Crippen LogP) is 0.744. The summed E-state index contributed by atoms with van der Waals surface area (Å²) in [5.74, 6) is 1.07. The average molecular weight is 303 g/mol. The Kier molecular flexibility index (Phi) is 4.95. The number of hydrogen-bond donors (Lipinski definition) is 1. The normalized spacial score (nSPS) is 22.8. The summed E-state index contributed by atoms with van der Waals surface area (Å²) >= 11 is 0. The maximum Gasteiger partial charge on any atom is 0.227 e. The van der Waals surface area contributed by atoms with Crippen molar-refractivity contribution in [2.45, 2.75) is 18.9 Å². The minimum absolute atomic E-state index is 0.239. The second-order valence-corrected chi connectivity index (χ2v) is 6.09. The van der Waals surface area contributed by atoms with E-state index in [1.807, 2.05) is 29.2 Å². The molecule has 1 atom stereocenters. The lowest BCUT2D eigenvalue weighted by Gasteiger charge is -2.32. The Balaban J connectivity index is 1.52. The van der Waals surface area contributed by atoms with Gasteiger partial charge in [0.25, 0.3) is 0 Å². The fourth-order valence-electron chi connectivity index (χ4n) is 3.34. The molecular weight excluding hydrogens is 278 g/mol. The second-order valence-electron chi connectivity index (χ2n) is 6.09. The van der Waals surface area contributed by atoms with E-state index in [0.29, 0.717) is 12.5 Å². The number of likely N-dealkylation sites (tertiary alicyclic amines) is 1. The molecule has 120 valence electrons. The van der Waals surface area contributed by atoms with Gasteiger partial charge in [0.1, 0.15) is 5.75 Å². The summed E-state index contributed by atoms with van der Waals surface area (Å²) in [6.07, 6.45) is 1.59. The van der Waals surface area contributed by atoms with Crippen molar-refractivity contribution in [1.29, 1.82) is 0 Å². The number of nitrogens with zero attached hydrogens (tertiary/aromatic N) is 2. The first kappa shape index (κ1) is 15.3. The molecule has 1 N–H and O–H groups in total. The lowest BCUT2D eigenvalue weighted by Crippen LogP contribution is -2.49. The van der Waals surface area contributed by atoms with E-state index in [4.69, 9.17) is 4.74 Å². The standard InChI is InChI=1S/C17H25N3O2/c1-22-16-4-2-14(3-5-16)12-17(21)20-9-6-15(13-20)19-10-7-18-8-11-19/h2-5,15,18H,6-13H2,1H3. The van der Waals surface area contributed by atoms with Crippen molar-refractivity contribution in [3.8, 4) is 5.75 Å². The van der Waals surface area contributed by atoms with Gasteiger partial charge in [-0.1, -0.05) is 12.1 Å². The zero-order chi connectivity index (χ0) is 15.4. The van der Waals surface area contributed by atoms with Crippen LogP contribution in [0.4, 0.5) is 0 Å². The van der Waals surface area contributed by atoms with Crippen LogP contribution in [0, 0.1) is 0 Å². The molecule has 5 nitrogen and oxygen atoms in total. The summed E-state index contributed by atoms with van der Waals surface area (Å²) in [4.78, 5) is 17.0. The van der Waals surface area contributed by atoms with Crippen molar-refractivity contribution < 1.29 is 9.53 Å². The minimum Gasteiger partial charge on any atom is -0.497 e. The van der Waals surface area contributed by atoms with Crippen molar-refractivity contribution in [3.05, 3.63) is 29.8 Å². The lowest BCUT2D eigenvalue weighted by molar-refractivity contribution is -0.129. The quantitative estimate of drug-likeness (QED) is 0.891. The number of carbonyl (C=O) groups is 1. The fraction of sp³-hybridized carbons (Fsp3) is 0.588. The van der Waals surface area contributed by atoms with Gasteiger partial charge in [0.05, 0.1) is 13.5 Å². The number of ether oxygens (including phenoxy) is 1. The number of methoxy groups -OCH3 is 1. The van der Waals surface area contributed by atoms with E-state index in [0.717, 1.165) is 57.0 Å². The summed E-state index contributed by atoms with van der Waals surface area (Å²) in [6.45, 7) is 6.11. The summed E-state index contributed by atoms with van der Waals surface area (Å²) in [7, 11) is 1.65. The largest absolute Gasteiger partial charge is 0.497 e. The Bertz CT molecular complexity index is 497. The van der Waals surface area contributed by atoms with Crippen LogP contribution in [-0.4, -0.2) is 68.1 Å². The van der Waals surface area contributed by atoms with E-state index in [-0.39, 0.29) is 5.91 Å². The van der Waals surface area contributed by atoms with Gasteiger partial charge in [-0.15, -0.1) is 0 Å². The maximum atomic E-state index is 12.5. The Hall–Kier alpha value is -1.59. The Labute approximate surface area is 132 Å². The van der Waals surface area contributed by atoms with Crippen LogP contribution in [-0.2, 0) is 11.2 Å². The summed E-state index contributed by atoms with van der Waals surface area (Å²) in [6, 6.07) is 8.31. The SMILES string of the molecule is COc1ccc(CC(=O)N2CCC(N3CCNCC3)C2)cc1. The molecule has 0 saturated carbocycles. The molecule has 0 bridgehead atoms. The molecule has 0 aromatic heterocycles. The minimum atomic E-state index is 0.239. The third kappa shape index (κ3) is 3.59. The number of piperazine rings is 1. The molecule has 2 heterocycles. The van der Waals surface area contributed by atoms with E-state index < -0.39 is 0 Å². The van der Waals surface area contributed by atoms with Gasteiger partial charge in [0.2, 0.25) is 5.91 Å². The van der Waals surface area contributed by atoms with Crippen molar-refractivity contribution in [2.24, 2.45) is 0 Å². The van der Waals surface area contributed by atoms with Gasteiger partial charge in [-0.25, -0.2) is 0 Å². The molecule has 1 unspecified atom stereocenters. The Morgan fingerprint density at radius 1 is 1.23 bits per heavy atom. The molecule has 1 amide bonds. The smallest absolute Gasteiger partial charge is 0.227 e. The van der Waals surface area contributed by atoms with Gasteiger partial charge in [-0.05, 0) is 24.1 Å². The van der Waals surface area contributed by atoms with Gasteiger partial charge >= 0.3 is 0 Å². The molecule has 5 heteroatoms. The maximum absolute atomic E-state index is 12.5. The van der Waals surface area contributed by atoms with Crippen LogP contribution >= 0.6 is 0 Å². The van der Waals surface area contributed by atoms with Crippen molar-refractivity contribution >= 4 is 5.91 Å². The number of rotatable bonds is 4. The second kappa shape index (κ2) is 7.11. The van der Waals surface area contributed by atoms with Gasteiger partial charge in [0.15, 0.2) is 0 Å². The van der Waals surface area contributed by atoms with E-state index in [1.54, 1.807) is 7.11 Å². The molecule has 1 aromatic carbocycles. The van der Waals surface area contributed by atoms with E-state index in [9.17, 15) is 4.79 Å². The monoisotopic (exact) mass is 303 g/mol. The van der Waals surface area contributed by atoms with Crippen molar-refractivity contribution in [3.63, 3.8) is 0 Å². The molecule has 2 aliphatic heterocycles. The molecule has 3 rings (SSSR count). The first-order chi connectivity index (χ1) is 10.8. The highest BCUT2D eigenvalue weighted by Crippen LogP contribution is 2.18. The zero-order valence-corrected chi connectivity index (χ0v) is 13.3. The molecule has 1 aromatic rings. The number of nitrogens with one attached hydrogen (secondary N) is 1. The first-order valence-electron chi connectivity index (χ1n) is 8.12. The van der Waals surface area contributed by atoms with Crippen molar-refractivity contribution in [2.75, 3.05) is 46.4 Å². The number of benzene rings is 1. The van der Waals surface area contributed by atoms with Crippen LogP contribution in [0.15, 0.2) is 24.3 Å². The number of hydrogen-bond acceptors (Lipinski definition) is 4. The third-order valence-corrected chi connectivity index (χ3v) is 4.70. The fourth-order valence-corrected chi connectivity index (χ4v) is 3.34. The van der Waals surface area contributed by atoms with Gasteiger partial charge in [-0.3, -0.25) is 9.69 Å². The van der Waals surface area contributed by atoms with Crippen LogP contribution in [0.1, 0.15) is 12.0 Å². The van der Waals surface area contributed by atoms with E-state index in [2.05, 4.69) is 10.2 Å². The third-order valence-electron chi connectivity index (χ3n) is 4.70. The Morgan fingerprint density at radius 3 is 2.64 bits per heavy atom. The van der Waals surface area contributed by atoms with Gasteiger partial charge in [-0.2, -0.15) is 0 Å². The zero-order valence-electron chi connectivity index (χ0n) is 13.3. The predicted molar refractivity (Wildman–Crippen MR) is 86.1 cm³/mol. The molecule has 0 radical (unpaired) electrons. The highest BCUT2D eigenvalue weighted by Gasteiger charge is 2.30. The van der Waals surface area contributed by atoms with E-state index in [1.165, 1.54) is 0 Å². The number of carbonyl (C=O) groups excluding carboxylic acids is 1. The summed E-state index contributed by atoms with van der Waals surface area (Å²) in [5.41, 5.74) is 1.05. The van der Waals surface area contributed by atoms with E-state index >= 15 is 0 Å². The molecular formula is C17H25N3O2. The summed E-state index contributed by atoms with van der Waals surface area (Å²) in [5, 5.41) is 3.38. The molecule has 22 heavy (non-hydrogen) atoms. The lowest BCUT2D eigenvalue weighted by atomic mass is 10.1. The molecule has 2 saturated heterocycles. The number of amides is 1. The molecule has 2 fully saturated rings. The molecule has 2 aliphatic rings. The topological polar surface area (TPSA) is 44.8 Å². The summed E-state index contributed by atoms with van der Waals surface area (Å²) < 4.78 is 5.15. The van der Waals surface area contributed by atoms with Crippen LogP contribution < -0.4 is 10.1 Å². The Morgan fingerprint density at radius 2 is 1.95 bits per heavy atom. The van der Waals surface area contributed by atoms with Crippen LogP contribution in [0.25, 0.3) is 0 Å². The van der Waals surface area contributed by atoms with Gasteiger partial charge < -0.3 is 15.0 Å². The van der Waals surface area contributed by atoms with Crippen LogP contribution in [0.2, 0.25) is 0 Å². The van der Waals surface area contributed by atoms with Crippen LogP contribution in [0.3, 0.4) is 0 Å². The van der Waals surface area contributed by atoms with Crippen LogP contribution in [0.5, 0.6) is 5.75 Å². The van der Waals surface area contributed by atoms with Gasteiger partial charge in [0, 0.05) is 45.3 Å². The highest BCUT2D eigenvalue weighted by molar-refractivity contribution is 5.79.